The molecule has 67 heavy (non-hydrogen) atoms. The van der Waals surface area contributed by atoms with E-state index in [-0.39, 0.29) is 73.1 Å². The van der Waals surface area contributed by atoms with Crippen molar-refractivity contribution >= 4 is 40.1 Å². The summed E-state index contributed by atoms with van der Waals surface area (Å²) in [5.41, 5.74) is -0.239. The quantitative estimate of drug-likeness (QED) is 0.124. The molecule has 1 unspecified atom stereocenters. The first-order chi connectivity index (χ1) is 31.9. The number of ether oxygens (including phenoxy) is 1. The van der Waals surface area contributed by atoms with Gasteiger partial charge in [0.2, 0.25) is 17.8 Å². The van der Waals surface area contributed by atoms with Crippen molar-refractivity contribution in [1.82, 2.24) is 39.2 Å². The molecule has 21 heteroatoms. The zero-order chi connectivity index (χ0) is 47.5. The lowest BCUT2D eigenvalue weighted by molar-refractivity contribution is -0.138. The highest BCUT2D eigenvalue weighted by molar-refractivity contribution is 7.87. The Balaban J connectivity index is 0.726. The lowest BCUT2D eigenvalue weighted by Crippen LogP contribution is -2.52. The van der Waals surface area contributed by atoms with Crippen molar-refractivity contribution in [2.45, 2.75) is 121 Å². The fraction of sp³-hybridized carbons (Fsp3) is 0.587. The van der Waals surface area contributed by atoms with Gasteiger partial charge in [-0.05, 0) is 107 Å². The van der Waals surface area contributed by atoms with Crippen molar-refractivity contribution in [3.05, 3.63) is 59.0 Å². The van der Waals surface area contributed by atoms with Crippen LogP contribution in [0.2, 0.25) is 0 Å². The number of piperidine rings is 3. The number of carbonyl (C=O) groups excluding carboxylic acids is 3. The highest BCUT2D eigenvalue weighted by atomic mass is 32.2. The number of anilines is 1. The molecule has 0 radical (unpaired) electrons. The van der Waals surface area contributed by atoms with E-state index in [1.807, 2.05) is 6.07 Å². The first-order valence-electron chi connectivity index (χ1n) is 23.0. The van der Waals surface area contributed by atoms with Crippen LogP contribution in [0.5, 0.6) is 0 Å². The zero-order valence-corrected chi connectivity index (χ0v) is 38.5. The van der Waals surface area contributed by atoms with Gasteiger partial charge in [0, 0.05) is 87.0 Å². The van der Waals surface area contributed by atoms with Gasteiger partial charge in [-0.1, -0.05) is 11.8 Å². The summed E-state index contributed by atoms with van der Waals surface area (Å²) < 4.78 is 81.1. The minimum atomic E-state index is -4.71. The molecule has 1 aromatic carbocycles. The zero-order valence-electron chi connectivity index (χ0n) is 37.7. The molecule has 2 aromatic heterocycles. The van der Waals surface area contributed by atoms with E-state index in [0.29, 0.717) is 43.9 Å². The van der Waals surface area contributed by atoms with Gasteiger partial charge in [0.25, 0.3) is 5.91 Å². The summed E-state index contributed by atoms with van der Waals surface area (Å²) in [6.45, 7) is 7.03. The van der Waals surface area contributed by atoms with E-state index in [1.54, 1.807) is 32.2 Å². The number of alkyl halides is 3. The smallest absolute Gasteiger partial charge is 0.389 e. The van der Waals surface area contributed by atoms with Crippen LogP contribution in [0.3, 0.4) is 0 Å². The van der Waals surface area contributed by atoms with Crippen LogP contribution in [0.25, 0.3) is 11.3 Å². The summed E-state index contributed by atoms with van der Waals surface area (Å²) in [5, 5.41) is 19.6. The van der Waals surface area contributed by atoms with Crippen molar-refractivity contribution in [2.24, 2.45) is 16.2 Å². The Bertz CT molecular complexity index is 2510. The number of rotatable bonds is 13. The molecule has 5 aliphatic rings. The maximum absolute atomic E-state index is 13.9. The SMILES string of the molecule is CC(C)(O)Cn1cc(-c2nc(NC3CCN(S(=O)(=O)/N=C/C4CCC(CN5CCC(OCC#Cc6ccc7c(c6)CN(C6CCC(=O)NC6=O)C7=O)CC5)CC4)CC3)ncc2C(F)(F)F)cn1. The van der Waals surface area contributed by atoms with Gasteiger partial charge in [-0.3, -0.25) is 24.4 Å². The number of carbonyl (C=O) groups is 3. The number of nitrogens with one attached hydrogen (secondary N) is 2. The van der Waals surface area contributed by atoms with Crippen LogP contribution in [0.1, 0.15) is 105 Å². The first-order valence-corrected chi connectivity index (χ1v) is 24.4. The Morgan fingerprint density at radius 1 is 1.00 bits per heavy atom. The van der Waals surface area contributed by atoms with Gasteiger partial charge in [-0.25, -0.2) is 9.97 Å². The van der Waals surface area contributed by atoms with Crippen molar-refractivity contribution in [3.63, 3.8) is 0 Å². The van der Waals surface area contributed by atoms with E-state index < -0.39 is 39.5 Å². The van der Waals surface area contributed by atoms with Gasteiger partial charge in [0.05, 0.1) is 30.1 Å². The maximum atomic E-state index is 13.9. The number of aliphatic hydroxyl groups is 1. The summed E-state index contributed by atoms with van der Waals surface area (Å²) in [5.74, 6) is 5.87. The summed E-state index contributed by atoms with van der Waals surface area (Å²) in [6.07, 6.45) is 7.21. The molecular formula is C46H57F3N10O7S. The average Bonchev–Trinajstić information content (AvgIpc) is 3.87. The molecule has 6 heterocycles. The molecule has 3 saturated heterocycles. The van der Waals surface area contributed by atoms with Crippen molar-refractivity contribution < 1.29 is 45.8 Å². The summed E-state index contributed by atoms with van der Waals surface area (Å²) in [7, 11) is -3.90. The Hall–Kier alpha value is -5.27. The molecule has 17 nitrogen and oxygen atoms in total. The third-order valence-corrected chi connectivity index (χ3v) is 14.6. The Labute approximate surface area is 388 Å². The third kappa shape index (κ3) is 12.3. The minimum Gasteiger partial charge on any atom is -0.389 e. The van der Waals surface area contributed by atoms with E-state index in [9.17, 15) is 41.1 Å². The lowest BCUT2D eigenvalue weighted by Gasteiger charge is -2.36. The number of benzene rings is 1. The Morgan fingerprint density at radius 2 is 1.75 bits per heavy atom. The molecule has 3 aromatic rings. The highest BCUT2D eigenvalue weighted by Crippen LogP contribution is 2.37. The summed E-state index contributed by atoms with van der Waals surface area (Å²) >= 11 is 0. The number of amides is 3. The molecule has 1 saturated carbocycles. The fourth-order valence-electron chi connectivity index (χ4n) is 9.58. The third-order valence-electron chi connectivity index (χ3n) is 13.2. The van der Waals surface area contributed by atoms with Crippen molar-refractivity contribution in [2.75, 3.05) is 44.6 Å². The molecule has 4 aliphatic heterocycles. The molecular weight excluding hydrogens is 894 g/mol. The van der Waals surface area contributed by atoms with Crippen LogP contribution in [0.4, 0.5) is 19.1 Å². The Morgan fingerprint density at radius 3 is 2.45 bits per heavy atom. The molecule has 3 amide bonds. The van der Waals surface area contributed by atoms with Crippen LogP contribution in [0.15, 0.2) is 41.2 Å². The molecule has 0 bridgehead atoms. The number of hydrogen-bond donors (Lipinski definition) is 3. The highest BCUT2D eigenvalue weighted by Gasteiger charge is 2.40. The van der Waals surface area contributed by atoms with Gasteiger partial charge in [0.1, 0.15) is 18.2 Å². The normalized spacial score (nSPS) is 23.0. The minimum absolute atomic E-state index is 0.0106. The molecule has 3 N–H and O–H groups in total. The number of imide groups is 1. The van der Waals surface area contributed by atoms with E-state index in [1.165, 1.54) is 26.3 Å². The molecule has 4 fully saturated rings. The average molecular weight is 951 g/mol. The number of hydrogen-bond acceptors (Lipinski definition) is 12. The van der Waals surface area contributed by atoms with Gasteiger partial charge >= 0.3 is 16.4 Å². The van der Waals surface area contributed by atoms with Gasteiger partial charge < -0.3 is 25.0 Å². The second-order valence-corrected chi connectivity index (χ2v) is 20.5. The van der Waals surface area contributed by atoms with E-state index >= 15 is 0 Å². The number of halogens is 3. The van der Waals surface area contributed by atoms with E-state index in [4.69, 9.17) is 4.74 Å². The predicted molar refractivity (Wildman–Crippen MR) is 240 cm³/mol. The molecule has 1 atom stereocenters. The van der Waals surface area contributed by atoms with Gasteiger partial charge in [-0.2, -0.15) is 35.4 Å². The molecule has 8 rings (SSSR count). The first kappa shape index (κ1) is 48.2. The van der Waals surface area contributed by atoms with E-state index in [2.05, 4.69) is 46.8 Å². The standard InChI is InChI=1S/C46H57F3N10O7S/c1-45(2,63)29-57-27-34(24-51-57)41-38(46(47,48)49)25-50-44(55-41)53-35-13-19-58(20-14-35)67(64,65)52-23-31-5-7-32(8-6-31)26-56-17-15-36(16-18-56)66-21-3-4-30-9-10-37-33(22-30)28-59(43(37)62)39-11-12-40(60)54-42(39)61/h9-10,22-25,27,31-32,35-36,39,63H,5-8,11-21,26,28-29H2,1-2H3,(H,50,53,55)(H,54,60,61)/b52-23+. The summed E-state index contributed by atoms with van der Waals surface area (Å²) in [4.78, 5) is 49.0. The maximum Gasteiger partial charge on any atom is 0.419 e. The van der Waals surface area contributed by atoms with Crippen LogP contribution >= 0.6 is 0 Å². The largest absolute Gasteiger partial charge is 0.419 e. The monoisotopic (exact) mass is 950 g/mol. The van der Waals surface area contributed by atoms with Crippen LogP contribution in [-0.2, 0) is 43.8 Å². The van der Waals surface area contributed by atoms with Gasteiger partial charge in [0.15, 0.2) is 0 Å². The molecule has 360 valence electrons. The summed E-state index contributed by atoms with van der Waals surface area (Å²) in [6, 6.07) is 4.50. The van der Waals surface area contributed by atoms with Gasteiger partial charge in [-0.15, -0.1) is 0 Å². The predicted octanol–water partition coefficient (Wildman–Crippen LogP) is 4.42. The van der Waals surface area contributed by atoms with E-state index in [0.717, 1.165) is 75.5 Å². The number of likely N-dealkylation sites (tertiary alicyclic amines) is 1. The van der Waals surface area contributed by atoms with Crippen LogP contribution in [0, 0.1) is 23.7 Å². The van der Waals surface area contributed by atoms with Crippen molar-refractivity contribution in [3.8, 4) is 23.1 Å². The van der Waals surface area contributed by atoms with Crippen LogP contribution < -0.4 is 10.6 Å². The second kappa shape index (κ2) is 20.1. The Kier molecular flexibility index (Phi) is 14.5. The lowest BCUT2D eigenvalue weighted by atomic mass is 9.82. The molecule has 0 spiro atoms. The van der Waals surface area contributed by atoms with Crippen LogP contribution in [-0.4, -0.2) is 134 Å². The number of fused-ring (bicyclic) bond motifs is 1. The van der Waals surface area contributed by atoms with Crippen molar-refractivity contribution in [1.29, 1.82) is 0 Å². The number of aromatic nitrogens is 4. The number of nitrogens with zero attached hydrogens (tertiary/aromatic N) is 8. The molecule has 1 aliphatic carbocycles. The second-order valence-electron chi connectivity index (χ2n) is 18.9. The fourth-order valence-corrected chi connectivity index (χ4v) is 10.7. The topological polar surface area (TPSA) is 205 Å².